The SMILES string of the molecule is COC1CCN(c2noc3ccc(S(N)(=O)=O)cc23)CC1. The van der Waals surface area contributed by atoms with Crippen molar-refractivity contribution < 1.29 is 17.7 Å². The van der Waals surface area contributed by atoms with Crippen molar-refractivity contribution in [3.8, 4) is 0 Å². The van der Waals surface area contributed by atoms with Gasteiger partial charge in [0, 0.05) is 20.2 Å². The number of rotatable bonds is 3. The van der Waals surface area contributed by atoms with Gasteiger partial charge < -0.3 is 14.2 Å². The minimum absolute atomic E-state index is 0.0613. The van der Waals surface area contributed by atoms with Gasteiger partial charge in [-0.25, -0.2) is 13.6 Å². The van der Waals surface area contributed by atoms with Crippen molar-refractivity contribution in [3.05, 3.63) is 18.2 Å². The van der Waals surface area contributed by atoms with Gasteiger partial charge in [0.05, 0.1) is 16.4 Å². The van der Waals surface area contributed by atoms with Gasteiger partial charge in [-0.1, -0.05) is 5.16 Å². The number of hydrogen-bond acceptors (Lipinski definition) is 6. The number of hydrogen-bond donors (Lipinski definition) is 1. The van der Waals surface area contributed by atoms with E-state index in [0.717, 1.165) is 25.9 Å². The molecular weight excluding hydrogens is 294 g/mol. The van der Waals surface area contributed by atoms with E-state index in [9.17, 15) is 8.42 Å². The molecule has 1 fully saturated rings. The first-order chi connectivity index (χ1) is 9.99. The fourth-order valence-corrected chi connectivity index (χ4v) is 3.15. The predicted molar refractivity (Wildman–Crippen MR) is 77.6 cm³/mol. The summed E-state index contributed by atoms with van der Waals surface area (Å²) in [4.78, 5) is 2.14. The average molecular weight is 311 g/mol. The Kier molecular flexibility index (Phi) is 3.60. The van der Waals surface area contributed by atoms with Crippen LogP contribution >= 0.6 is 0 Å². The summed E-state index contributed by atoms with van der Waals surface area (Å²) in [7, 11) is -2.03. The van der Waals surface area contributed by atoms with E-state index in [1.807, 2.05) is 0 Å². The van der Waals surface area contributed by atoms with E-state index in [-0.39, 0.29) is 11.0 Å². The van der Waals surface area contributed by atoms with Gasteiger partial charge in [-0.15, -0.1) is 0 Å². The topological polar surface area (TPSA) is 98.7 Å². The highest BCUT2D eigenvalue weighted by atomic mass is 32.2. The first-order valence-corrected chi connectivity index (χ1v) is 8.23. The van der Waals surface area contributed by atoms with Crippen LogP contribution in [0.3, 0.4) is 0 Å². The molecule has 1 aliphatic rings. The molecule has 2 aromatic rings. The molecule has 0 bridgehead atoms. The van der Waals surface area contributed by atoms with Crippen molar-refractivity contribution in [2.24, 2.45) is 5.14 Å². The van der Waals surface area contributed by atoms with Crippen LogP contribution in [-0.2, 0) is 14.8 Å². The molecule has 2 heterocycles. The number of anilines is 1. The molecule has 0 unspecified atom stereocenters. The Morgan fingerprint density at radius 3 is 2.71 bits per heavy atom. The number of methoxy groups -OCH3 is 1. The normalized spacial score (nSPS) is 17.5. The highest BCUT2D eigenvalue weighted by Gasteiger charge is 2.23. The fourth-order valence-electron chi connectivity index (χ4n) is 2.61. The van der Waals surface area contributed by atoms with E-state index in [1.165, 1.54) is 12.1 Å². The molecule has 0 aliphatic carbocycles. The first kappa shape index (κ1) is 14.3. The molecule has 8 heteroatoms. The Morgan fingerprint density at radius 2 is 2.10 bits per heavy atom. The van der Waals surface area contributed by atoms with Gasteiger partial charge in [0.1, 0.15) is 0 Å². The number of primary sulfonamides is 1. The standard InChI is InChI=1S/C13H17N3O4S/c1-19-9-4-6-16(7-5-9)13-11-8-10(21(14,17)18)2-3-12(11)20-15-13/h2-3,8-9H,4-7H2,1H3,(H2,14,17,18). The van der Waals surface area contributed by atoms with Gasteiger partial charge in [-0.05, 0) is 31.0 Å². The number of ether oxygens (including phenoxy) is 1. The molecule has 0 saturated carbocycles. The summed E-state index contributed by atoms with van der Waals surface area (Å²) >= 11 is 0. The largest absolute Gasteiger partial charge is 0.381 e. The van der Waals surface area contributed by atoms with E-state index in [4.69, 9.17) is 14.4 Å². The molecule has 0 spiro atoms. The third-order valence-electron chi connectivity index (χ3n) is 3.83. The van der Waals surface area contributed by atoms with Crippen molar-refractivity contribution in [1.29, 1.82) is 0 Å². The van der Waals surface area contributed by atoms with Crippen molar-refractivity contribution in [2.75, 3.05) is 25.1 Å². The molecule has 0 atom stereocenters. The minimum Gasteiger partial charge on any atom is -0.381 e. The smallest absolute Gasteiger partial charge is 0.238 e. The number of sulfonamides is 1. The second-order valence-electron chi connectivity index (χ2n) is 5.13. The third-order valence-corrected chi connectivity index (χ3v) is 4.74. The van der Waals surface area contributed by atoms with Gasteiger partial charge in [0.15, 0.2) is 11.4 Å². The van der Waals surface area contributed by atoms with E-state index in [2.05, 4.69) is 10.1 Å². The number of aromatic nitrogens is 1. The lowest BCUT2D eigenvalue weighted by Crippen LogP contribution is -2.36. The number of nitrogens with two attached hydrogens (primary N) is 1. The first-order valence-electron chi connectivity index (χ1n) is 6.69. The van der Waals surface area contributed by atoms with Crippen LogP contribution < -0.4 is 10.0 Å². The Balaban J connectivity index is 1.96. The van der Waals surface area contributed by atoms with Gasteiger partial charge >= 0.3 is 0 Å². The summed E-state index contributed by atoms with van der Waals surface area (Å²) in [5.74, 6) is 0.657. The predicted octanol–water partition coefficient (Wildman–Crippen LogP) is 1.09. The van der Waals surface area contributed by atoms with Gasteiger partial charge in [0.2, 0.25) is 10.0 Å². The summed E-state index contributed by atoms with van der Waals surface area (Å²) < 4.78 is 33.5. The number of benzene rings is 1. The maximum atomic E-state index is 11.5. The molecule has 114 valence electrons. The molecule has 1 aliphatic heterocycles. The molecule has 1 saturated heterocycles. The lowest BCUT2D eigenvalue weighted by atomic mass is 10.1. The van der Waals surface area contributed by atoms with Crippen molar-refractivity contribution in [2.45, 2.75) is 23.8 Å². The Hall–Kier alpha value is -1.64. The lowest BCUT2D eigenvalue weighted by molar-refractivity contribution is 0.0817. The molecule has 21 heavy (non-hydrogen) atoms. The fraction of sp³-hybridized carbons (Fsp3) is 0.462. The lowest BCUT2D eigenvalue weighted by Gasteiger charge is -2.31. The van der Waals surface area contributed by atoms with Crippen LogP contribution in [0.1, 0.15) is 12.8 Å². The maximum absolute atomic E-state index is 11.5. The van der Waals surface area contributed by atoms with Gasteiger partial charge in [-0.3, -0.25) is 0 Å². The Labute approximate surface area is 122 Å². The quantitative estimate of drug-likeness (QED) is 0.911. The monoisotopic (exact) mass is 311 g/mol. The summed E-state index contributed by atoms with van der Waals surface area (Å²) in [6.45, 7) is 1.58. The third kappa shape index (κ3) is 2.74. The van der Waals surface area contributed by atoms with Crippen LogP contribution in [0.4, 0.5) is 5.82 Å². The summed E-state index contributed by atoms with van der Waals surface area (Å²) in [5.41, 5.74) is 0.547. The Bertz CT molecular complexity index is 748. The number of piperidine rings is 1. The Morgan fingerprint density at radius 1 is 1.38 bits per heavy atom. The highest BCUT2D eigenvalue weighted by molar-refractivity contribution is 7.89. The molecule has 0 radical (unpaired) electrons. The summed E-state index contributed by atoms with van der Waals surface area (Å²) in [5, 5.41) is 9.90. The molecule has 7 nitrogen and oxygen atoms in total. The van der Waals surface area contributed by atoms with Crippen LogP contribution in [0.25, 0.3) is 11.0 Å². The summed E-state index contributed by atoms with van der Waals surface area (Å²) in [6, 6.07) is 4.51. The average Bonchev–Trinajstić information content (AvgIpc) is 2.89. The van der Waals surface area contributed by atoms with E-state index < -0.39 is 10.0 Å². The number of nitrogens with zero attached hydrogens (tertiary/aromatic N) is 2. The van der Waals surface area contributed by atoms with Crippen molar-refractivity contribution in [1.82, 2.24) is 5.16 Å². The van der Waals surface area contributed by atoms with E-state index in [0.29, 0.717) is 16.8 Å². The molecule has 1 aromatic heterocycles. The van der Waals surface area contributed by atoms with Gasteiger partial charge in [0.25, 0.3) is 0 Å². The van der Waals surface area contributed by atoms with E-state index in [1.54, 1.807) is 13.2 Å². The van der Waals surface area contributed by atoms with Crippen LogP contribution in [-0.4, -0.2) is 39.9 Å². The van der Waals surface area contributed by atoms with E-state index >= 15 is 0 Å². The summed E-state index contributed by atoms with van der Waals surface area (Å²) in [6.07, 6.45) is 2.07. The molecule has 1 aromatic carbocycles. The molecule has 0 amide bonds. The van der Waals surface area contributed by atoms with Gasteiger partial charge in [-0.2, -0.15) is 0 Å². The minimum atomic E-state index is -3.74. The second kappa shape index (κ2) is 5.28. The zero-order valence-electron chi connectivity index (χ0n) is 11.7. The molecule has 3 rings (SSSR count). The van der Waals surface area contributed by atoms with Crippen LogP contribution in [0.5, 0.6) is 0 Å². The zero-order valence-corrected chi connectivity index (χ0v) is 12.5. The molecular formula is C13H17N3O4S. The second-order valence-corrected chi connectivity index (χ2v) is 6.69. The van der Waals surface area contributed by atoms with Crippen LogP contribution in [0.15, 0.2) is 27.6 Å². The number of fused-ring (bicyclic) bond motifs is 1. The van der Waals surface area contributed by atoms with Crippen LogP contribution in [0.2, 0.25) is 0 Å². The highest BCUT2D eigenvalue weighted by Crippen LogP contribution is 2.30. The zero-order chi connectivity index (χ0) is 15.0. The maximum Gasteiger partial charge on any atom is 0.238 e. The molecule has 2 N–H and O–H groups in total. The van der Waals surface area contributed by atoms with Crippen LogP contribution in [0, 0.1) is 0 Å². The van der Waals surface area contributed by atoms with Crippen molar-refractivity contribution >= 4 is 26.8 Å². The van der Waals surface area contributed by atoms with Crippen molar-refractivity contribution in [3.63, 3.8) is 0 Å².